The Hall–Kier alpha value is -1.06. The van der Waals surface area contributed by atoms with Crippen LogP contribution in [0, 0.1) is 28.1 Å². The Bertz CT molecular complexity index is 520. The molecule has 0 aromatic rings. The van der Waals surface area contributed by atoms with Gasteiger partial charge in [-0.1, -0.05) is 61.8 Å². The number of carbonyl (C=O) groups excluding carboxylic acids is 1. The summed E-state index contributed by atoms with van der Waals surface area (Å²) in [6, 6.07) is 0. The SMILES string of the molecule is CC(C)CCC1C(OC(=O)CCC(=O)O)CCCC1(CC(C)(C)C)CC(C)(C)C. The van der Waals surface area contributed by atoms with Crippen LogP contribution in [0.25, 0.3) is 0 Å². The third kappa shape index (κ3) is 9.53. The van der Waals surface area contributed by atoms with Crippen molar-refractivity contribution < 1.29 is 19.4 Å². The number of rotatable bonds is 9. The van der Waals surface area contributed by atoms with Gasteiger partial charge in [0.2, 0.25) is 0 Å². The van der Waals surface area contributed by atoms with Gasteiger partial charge in [-0.2, -0.15) is 0 Å². The Balaban J connectivity index is 3.19. The second-order valence-electron chi connectivity index (χ2n) is 12.2. The summed E-state index contributed by atoms with van der Waals surface area (Å²) < 4.78 is 5.97. The molecule has 2 atom stereocenters. The number of esters is 1. The zero-order chi connectivity index (χ0) is 22.5. The first-order valence-electron chi connectivity index (χ1n) is 11.5. The molecule has 1 aliphatic rings. The zero-order valence-electron chi connectivity index (χ0n) is 20.3. The molecule has 2 unspecified atom stereocenters. The van der Waals surface area contributed by atoms with E-state index in [1.807, 2.05) is 0 Å². The van der Waals surface area contributed by atoms with Gasteiger partial charge in [-0.05, 0) is 60.7 Å². The molecule has 1 fully saturated rings. The van der Waals surface area contributed by atoms with Crippen LogP contribution in [-0.2, 0) is 14.3 Å². The molecule has 170 valence electrons. The van der Waals surface area contributed by atoms with Crippen molar-refractivity contribution in [3.63, 3.8) is 0 Å². The minimum absolute atomic E-state index is 0.0335. The van der Waals surface area contributed by atoms with Gasteiger partial charge >= 0.3 is 11.9 Å². The molecule has 1 saturated carbocycles. The van der Waals surface area contributed by atoms with E-state index in [1.54, 1.807) is 0 Å². The average Bonchev–Trinajstić information content (AvgIpc) is 2.48. The smallest absolute Gasteiger partial charge is 0.306 e. The number of aliphatic carboxylic acids is 1. The van der Waals surface area contributed by atoms with Crippen LogP contribution in [-0.4, -0.2) is 23.1 Å². The highest BCUT2D eigenvalue weighted by molar-refractivity contribution is 5.76. The van der Waals surface area contributed by atoms with E-state index in [1.165, 1.54) is 6.42 Å². The van der Waals surface area contributed by atoms with E-state index in [2.05, 4.69) is 55.4 Å². The van der Waals surface area contributed by atoms with Gasteiger partial charge in [0.05, 0.1) is 12.8 Å². The lowest BCUT2D eigenvalue weighted by atomic mass is 9.53. The molecule has 0 heterocycles. The van der Waals surface area contributed by atoms with Gasteiger partial charge in [0.25, 0.3) is 0 Å². The number of carboxylic acids is 1. The highest BCUT2D eigenvalue weighted by Gasteiger charge is 2.49. The summed E-state index contributed by atoms with van der Waals surface area (Å²) in [5.74, 6) is -0.348. The number of carboxylic acid groups (broad SMARTS) is 1. The van der Waals surface area contributed by atoms with Crippen LogP contribution in [0.3, 0.4) is 0 Å². The minimum Gasteiger partial charge on any atom is -0.481 e. The predicted molar refractivity (Wildman–Crippen MR) is 119 cm³/mol. The largest absolute Gasteiger partial charge is 0.481 e. The van der Waals surface area contributed by atoms with E-state index >= 15 is 0 Å². The Labute approximate surface area is 179 Å². The summed E-state index contributed by atoms with van der Waals surface area (Å²) >= 11 is 0. The summed E-state index contributed by atoms with van der Waals surface area (Å²) in [7, 11) is 0. The summed E-state index contributed by atoms with van der Waals surface area (Å²) in [4.78, 5) is 23.2. The molecule has 0 amide bonds. The molecular formula is C25H46O4. The average molecular weight is 411 g/mol. The number of hydrogen-bond donors (Lipinski definition) is 1. The van der Waals surface area contributed by atoms with E-state index < -0.39 is 5.97 Å². The first-order chi connectivity index (χ1) is 13.1. The lowest BCUT2D eigenvalue weighted by Crippen LogP contribution is -2.47. The maximum absolute atomic E-state index is 12.4. The maximum Gasteiger partial charge on any atom is 0.306 e. The molecule has 0 aromatic carbocycles. The second kappa shape index (κ2) is 10.3. The van der Waals surface area contributed by atoms with Crippen LogP contribution < -0.4 is 0 Å². The molecule has 0 radical (unpaired) electrons. The fraction of sp³-hybridized carbons (Fsp3) is 0.920. The quantitative estimate of drug-likeness (QED) is 0.422. The highest BCUT2D eigenvalue weighted by atomic mass is 16.5. The summed E-state index contributed by atoms with van der Waals surface area (Å²) in [6.45, 7) is 18.4. The van der Waals surface area contributed by atoms with Crippen LogP contribution in [0.1, 0.15) is 113 Å². The number of ether oxygens (including phenoxy) is 1. The Morgan fingerprint density at radius 1 is 1.03 bits per heavy atom. The minimum atomic E-state index is -0.947. The molecule has 0 saturated heterocycles. The normalized spacial score (nSPS) is 22.5. The van der Waals surface area contributed by atoms with E-state index in [4.69, 9.17) is 9.84 Å². The molecule has 0 bridgehead atoms. The van der Waals surface area contributed by atoms with Crippen molar-refractivity contribution in [3.8, 4) is 0 Å². The molecular weight excluding hydrogens is 364 g/mol. The summed E-state index contributed by atoms with van der Waals surface area (Å²) in [6.07, 6.45) is 7.34. The van der Waals surface area contributed by atoms with Crippen molar-refractivity contribution in [1.29, 1.82) is 0 Å². The molecule has 1 rings (SSSR count). The molecule has 1 aliphatic carbocycles. The molecule has 0 aromatic heterocycles. The van der Waals surface area contributed by atoms with Gasteiger partial charge in [-0.3, -0.25) is 9.59 Å². The number of carbonyl (C=O) groups is 2. The van der Waals surface area contributed by atoms with E-state index in [0.717, 1.165) is 38.5 Å². The lowest BCUT2D eigenvalue weighted by Gasteiger charge is -2.53. The van der Waals surface area contributed by atoms with Gasteiger partial charge in [0.1, 0.15) is 6.10 Å². The summed E-state index contributed by atoms with van der Waals surface area (Å²) in [5.41, 5.74) is 0.564. The molecule has 0 spiro atoms. The molecule has 0 aliphatic heterocycles. The third-order valence-corrected chi connectivity index (χ3v) is 6.04. The van der Waals surface area contributed by atoms with Crippen LogP contribution in [0.4, 0.5) is 0 Å². The van der Waals surface area contributed by atoms with Gasteiger partial charge in [0, 0.05) is 5.92 Å². The van der Waals surface area contributed by atoms with Crippen LogP contribution >= 0.6 is 0 Å². The van der Waals surface area contributed by atoms with E-state index in [0.29, 0.717) is 11.8 Å². The van der Waals surface area contributed by atoms with Crippen molar-refractivity contribution in [2.24, 2.45) is 28.1 Å². The Morgan fingerprint density at radius 3 is 2.03 bits per heavy atom. The van der Waals surface area contributed by atoms with Crippen LogP contribution in [0.5, 0.6) is 0 Å². The highest BCUT2D eigenvalue weighted by Crippen LogP contribution is 2.56. The van der Waals surface area contributed by atoms with E-state index in [9.17, 15) is 9.59 Å². The number of hydrogen-bond acceptors (Lipinski definition) is 3. The molecule has 1 N–H and O–H groups in total. The van der Waals surface area contributed by atoms with Crippen molar-refractivity contribution in [3.05, 3.63) is 0 Å². The molecule has 4 nitrogen and oxygen atoms in total. The topological polar surface area (TPSA) is 63.6 Å². The first kappa shape index (κ1) is 26.0. The monoisotopic (exact) mass is 410 g/mol. The first-order valence-corrected chi connectivity index (χ1v) is 11.5. The van der Waals surface area contributed by atoms with Crippen LogP contribution in [0.2, 0.25) is 0 Å². The standard InChI is InChI=1S/C25H46O4/c1-18(2)11-12-19-20(29-22(28)14-13-21(26)27)10-9-15-25(19,16-23(3,4)5)17-24(6,7)8/h18-20H,9-17H2,1-8H3,(H,26,27). The van der Waals surface area contributed by atoms with Gasteiger partial charge < -0.3 is 9.84 Å². The Kier molecular flexibility index (Phi) is 9.23. The third-order valence-electron chi connectivity index (χ3n) is 6.04. The van der Waals surface area contributed by atoms with Gasteiger partial charge in [-0.15, -0.1) is 0 Å². The zero-order valence-corrected chi connectivity index (χ0v) is 20.3. The molecule has 4 heteroatoms. The fourth-order valence-corrected chi connectivity index (χ4v) is 5.63. The van der Waals surface area contributed by atoms with Gasteiger partial charge in [0.15, 0.2) is 0 Å². The van der Waals surface area contributed by atoms with Crippen LogP contribution in [0.15, 0.2) is 0 Å². The lowest BCUT2D eigenvalue weighted by molar-refractivity contribution is -0.164. The molecule has 29 heavy (non-hydrogen) atoms. The van der Waals surface area contributed by atoms with Gasteiger partial charge in [-0.25, -0.2) is 0 Å². The maximum atomic E-state index is 12.4. The fourth-order valence-electron chi connectivity index (χ4n) is 5.63. The van der Waals surface area contributed by atoms with Crippen molar-refractivity contribution >= 4 is 11.9 Å². The summed E-state index contributed by atoms with van der Waals surface area (Å²) in [5, 5.41) is 8.90. The van der Waals surface area contributed by atoms with Crippen molar-refractivity contribution in [2.45, 2.75) is 119 Å². The van der Waals surface area contributed by atoms with Crippen molar-refractivity contribution in [2.75, 3.05) is 0 Å². The van der Waals surface area contributed by atoms with E-state index in [-0.39, 0.29) is 41.2 Å². The second-order valence-corrected chi connectivity index (χ2v) is 12.2. The Morgan fingerprint density at radius 2 is 1.59 bits per heavy atom. The van der Waals surface area contributed by atoms with Crippen molar-refractivity contribution in [1.82, 2.24) is 0 Å². The predicted octanol–water partition coefficient (Wildman–Crippen LogP) is 6.86.